The highest BCUT2D eigenvalue weighted by Crippen LogP contribution is 2.34. The standard InChI is InChI=1S/C16H26N4O2/c1-18(2)16(21)13-5-7-22-15-4-6-20(11-14(13)15)10-12-8-17-19(3)9-12/h8-9,13-15H,4-7,10-11H2,1-3H3/t13-,14+,15-/m1/s1. The van der Waals surface area contributed by atoms with Gasteiger partial charge in [0.15, 0.2) is 0 Å². The van der Waals surface area contributed by atoms with Gasteiger partial charge in [-0.05, 0) is 12.8 Å². The smallest absolute Gasteiger partial charge is 0.225 e. The van der Waals surface area contributed by atoms with E-state index in [1.54, 1.807) is 4.90 Å². The monoisotopic (exact) mass is 306 g/mol. The highest BCUT2D eigenvalue weighted by Gasteiger charge is 2.42. The van der Waals surface area contributed by atoms with E-state index >= 15 is 0 Å². The van der Waals surface area contributed by atoms with Gasteiger partial charge in [0, 0.05) is 71.0 Å². The zero-order valence-electron chi connectivity index (χ0n) is 13.7. The zero-order chi connectivity index (χ0) is 15.7. The Morgan fingerprint density at radius 2 is 2.27 bits per heavy atom. The number of fused-ring (bicyclic) bond motifs is 1. The molecule has 1 amide bonds. The van der Waals surface area contributed by atoms with Crippen molar-refractivity contribution in [2.45, 2.75) is 25.5 Å². The molecule has 6 heteroatoms. The van der Waals surface area contributed by atoms with Crippen LogP contribution in [0.4, 0.5) is 0 Å². The van der Waals surface area contributed by atoms with Crippen LogP contribution < -0.4 is 0 Å². The Kier molecular flexibility index (Phi) is 4.49. The number of ether oxygens (including phenoxy) is 1. The van der Waals surface area contributed by atoms with Gasteiger partial charge < -0.3 is 9.64 Å². The van der Waals surface area contributed by atoms with Gasteiger partial charge in [0.25, 0.3) is 0 Å². The molecule has 0 spiro atoms. The van der Waals surface area contributed by atoms with Crippen molar-refractivity contribution >= 4 is 5.91 Å². The number of hydrogen-bond acceptors (Lipinski definition) is 4. The third kappa shape index (κ3) is 3.17. The van der Waals surface area contributed by atoms with Crippen LogP contribution >= 0.6 is 0 Å². The average molecular weight is 306 g/mol. The van der Waals surface area contributed by atoms with Crippen molar-refractivity contribution in [2.24, 2.45) is 18.9 Å². The van der Waals surface area contributed by atoms with Gasteiger partial charge in [0.2, 0.25) is 5.91 Å². The predicted molar refractivity (Wildman–Crippen MR) is 83.1 cm³/mol. The second kappa shape index (κ2) is 6.38. The minimum absolute atomic E-state index is 0.102. The quantitative estimate of drug-likeness (QED) is 0.826. The molecule has 3 heterocycles. The summed E-state index contributed by atoms with van der Waals surface area (Å²) in [6.07, 6.45) is 6.09. The molecule has 1 aromatic rings. The van der Waals surface area contributed by atoms with Crippen molar-refractivity contribution in [1.82, 2.24) is 19.6 Å². The fraction of sp³-hybridized carbons (Fsp3) is 0.750. The summed E-state index contributed by atoms with van der Waals surface area (Å²) in [7, 11) is 5.64. The molecule has 0 saturated carbocycles. The highest BCUT2D eigenvalue weighted by molar-refractivity contribution is 5.78. The Bertz CT molecular complexity index is 528. The number of carbonyl (C=O) groups is 1. The molecule has 122 valence electrons. The summed E-state index contributed by atoms with van der Waals surface area (Å²) in [4.78, 5) is 16.6. The number of rotatable bonds is 3. The molecule has 0 bridgehead atoms. The molecule has 2 aliphatic heterocycles. The summed E-state index contributed by atoms with van der Waals surface area (Å²) in [5, 5.41) is 4.23. The second-order valence-corrected chi connectivity index (χ2v) is 6.75. The van der Waals surface area contributed by atoms with Crippen LogP contribution in [-0.2, 0) is 23.1 Å². The molecule has 0 N–H and O–H groups in total. The molecule has 2 aliphatic rings. The Morgan fingerprint density at radius 1 is 1.45 bits per heavy atom. The first kappa shape index (κ1) is 15.5. The summed E-state index contributed by atoms with van der Waals surface area (Å²) in [5.74, 6) is 0.668. The van der Waals surface area contributed by atoms with Crippen molar-refractivity contribution in [3.63, 3.8) is 0 Å². The Balaban J connectivity index is 1.68. The van der Waals surface area contributed by atoms with Crippen LogP contribution in [-0.4, -0.2) is 65.4 Å². The lowest BCUT2D eigenvalue weighted by Gasteiger charge is -2.45. The lowest BCUT2D eigenvalue weighted by molar-refractivity contribution is -0.149. The number of likely N-dealkylation sites (tertiary alicyclic amines) is 1. The molecule has 3 rings (SSSR count). The van der Waals surface area contributed by atoms with Gasteiger partial charge in [0.1, 0.15) is 0 Å². The van der Waals surface area contributed by atoms with E-state index in [4.69, 9.17) is 4.74 Å². The van der Waals surface area contributed by atoms with E-state index in [0.29, 0.717) is 12.5 Å². The van der Waals surface area contributed by atoms with Crippen LogP contribution in [0.5, 0.6) is 0 Å². The summed E-state index contributed by atoms with van der Waals surface area (Å²) >= 11 is 0. The molecule has 0 aromatic carbocycles. The van der Waals surface area contributed by atoms with E-state index < -0.39 is 0 Å². The number of aromatic nitrogens is 2. The fourth-order valence-corrected chi connectivity index (χ4v) is 3.78. The maximum Gasteiger partial charge on any atom is 0.225 e. The molecule has 6 nitrogen and oxygen atoms in total. The molecular weight excluding hydrogens is 280 g/mol. The van der Waals surface area contributed by atoms with Crippen LogP contribution in [0.1, 0.15) is 18.4 Å². The number of nitrogens with zero attached hydrogens (tertiary/aromatic N) is 4. The molecule has 22 heavy (non-hydrogen) atoms. The van der Waals surface area contributed by atoms with Gasteiger partial charge in [-0.2, -0.15) is 5.10 Å². The number of aryl methyl sites for hydroxylation is 1. The fourth-order valence-electron chi connectivity index (χ4n) is 3.78. The minimum Gasteiger partial charge on any atom is -0.378 e. The number of hydrogen-bond donors (Lipinski definition) is 0. The molecule has 0 unspecified atom stereocenters. The van der Waals surface area contributed by atoms with Crippen molar-refractivity contribution in [3.05, 3.63) is 18.0 Å². The first-order valence-electron chi connectivity index (χ1n) is 8.07. The molecule has 3 atom stereocenters. The normalized spacial score (nSPS) is 29.1. The van der Waals surface area contributed by atoms with E-state index in [2.05, 4.69) is 16.2 Å². The zero-order valence-corrected chi connectivity index (χ0v) is 13.7. The predicted octanol–water partition coefficient (Wildman–Crippen LogP) is 0.735. The Labute approximate surface area is 132 Å². The van der Waals surface area contributed by atoms with Crippen molar-refractivity contribution in [1.29, 1.82) is 0 Å². The third-order valence-corrected chi connectivity index (χ3v) is 4.88. The first-order valence-corrected chi connectivity index (χ1v) is 8.07. The maximum absolute atomic E-state index is 12.5. The largest absolute Gasteiger partial charge is 0.378 e. The van der Waals surface area contributed by atoms with Gasteiger partial charge in [-0.15, -0.1) is 0 Å². The Morgan fingerprint density at radius 3 is 2.95 bits per heavy atom. The Hall–Kier alpha value is -1.40. The molecule has 2 saturated heterocycles. The van der Waals surface area contributed by atoms with E-state index in [1.165, 1.54) is 5.56 Å². The van der Waals surface area contributed by atoms with Crippen LogP contribution in [0.25, 0.3) is 0 Å². The van der Waals surface area contributed by atoms with Crippen molar-refractivity contribution < 1.29 is 9.53 Å². The van der Waals surface area contributed by atoms with Gasteiger partial charge in [-0.25, -0.2) is 0 Å². The van der Waals surface area contributed by atoms with E-state index in [9.17, 15) is 4.79 Å². The van der Waals surface area contributed by atoms with Crippen LogP contribution in [0.15, 0.2) is 12.4 Å². The van der Waals surface area contributed by atoms with Crippen LogP contribution in [0, 0.1) is 11.8 Å². The van der Waals surface area contributed by atoms with Crippen molar-refractivity contribution in [2.75, 3.05) is 33.8 Å². The van der Waals surface area contributed by atoms with Gasteiger partial charge in [-0.3, -0.25) is 14.4 Å². The summed E-state index contributed by atoms with van der Waals surface area (Å²) in [5.41, 5.74) is 1.23. The van der Waals surface area contributed by atoms with Crippen LogP contribution in [0.3, 0.4) is 0 Å². The maximum atomic E-state index is 12.5. The number of carbonyl (C=O) groups excluding carboxylic acids is 1. The van der Waals surface area contributed by atoms with E-state index in [0.717, 1.165) is 32.5 Å². The second-order valence-electron chi connectivity index (χ2n) is 6.75. The number of piperidine rings is 1. The van der Waals surface area contributed by atoms with Gasteiger partial charge >= 0.3 is 0 Å². The SMILES string of the molecule is CN(C)C(=O)[C@@H]1CCO[C@@H]2CCN(Cc3cnn(C)c3)C[C@H]21. The molecule has 2 fully saturated rings. The molecule has 0 aliphatic carbocycles. The topological polar surface area (TPSA) is 50.6 Å². The molecular formula is C16H26N4O2. The summed E-state index contributed by atoms with van der Waals surface area (Å²) in [6, 6.07) is 0. The van der Waals surface area contributed by atoms with E-state index in [1.807, 2.05) is 32.0 Å². The van der Waals surface area contributed by atoms with Crippen molar-refractivity contribution in [3.8, 4) is 0 Å². The average Bonchev–Trinajstić information content (AvgIpc) is 2.91. The minimum atomic E-state index is 0.102. The molecule has 0 radical (unpaired) electrons. The first-order chi connectivity index (χ1) is 10.5. The third-order valence-electron chi connectivity index (χ3n) is 4.88. The van der Waals surface area contributed by atoms with Gasteiger partial charge in [0.05, 0.1) is 12.3 Å². The molecule has 1 aromatic heterocycles. The lowest BCUT2D eigenvalue weighted by Crippen LogP contribution is -2.52. The summed E-state index contributed by atoms with van der Waals surface area (Å²) < 4.78 is 7.77. The summed E-state index contributed by atoms with van der Waals surface area (Å²) in [6.45, 7) is 3.58. The van der Waals surface area contributed by atoms with Crippen LogP contribution in [0.2, 0.25) is 0 Å². The lowest BCUT2D eigenvalue weighted by atomic mass is 9.78. The number of amides is 1. The van der Waals surface area contributed by atoms with E-state index in [-0.39, 0.29) is 17.9 Å². The van der Waals surface area contributed by atoms with Gasteiger partial charge in [-0.1, -0.05) is 0 Å². The highest BCUT2D eigenvalue weighted by atomic mass is 16.5.